The summed E-state index contributed by atoms with van der Waals surface area (Å²) in [5, 5.41) is 0. The van der Waals surface area contributed by atoms with Crippen LogP contribution in [0.3, 0.4) is 0 Å². The average molecular weight is 532 g/mol. The van der Waals surface area contributed by atoms with Gasteiger partial charge in [0.25, 0.3) is 0 Å². The van der Waals surface area contributed by atoms with Crippen LogP contribution < -0.4 is 4.74 Å². The maximum absolute atomic E-state index is 14.7. The van der Waals surface area contributed by atoms with Gasteiger partial charge in [0, 0.05) is 11.6 Å². The minimum Gasteiger partial charge on any atom is -0.429 e. The fourth-order valence-corrected chi connectivity index (χ4v) is 4.09. The minimum absolute atomic E-state index is 0.0396. The molecule has 0 heterocycles. The Hall–Kier alpha value is -3.81. The lowest BCUT2D eigenvalue weighted by Crippen LogP contribution is -2.22. The van der Waals surface area contributed by atoms with Crippen molar-refractivity contribution in [1.82, 2.24) is 0 Å². The van der Waals surface area contributed by atoms with Gasteiger partial charge in [0.15, 0.2) is 23.3 Å². The molecule has 0 saturated carbocycles. The first-order chi connectivity index (χ1) is 18.1. The van der Waals surface area contributed by atoms with Gasteiger partial charge >= 0.3 is 6.11 Å². The van der Waals surface area contributed by atoms with E-state index in [0.717, 1.165) is 42.7 Å². The Bertz CT molecular complexity index is 1430. The van der Waals surface area contributed by atoms with E-state index in [2.05, 4.69) is 0 Å². The van der Waals surface area contributed by atoms with Crippen molar-refractivity contribution >= 4 is 0 Å². The van der Waals surface area contributed by atoms with Gasteiger partial charge in [0.05, 0.1) is 5.56 Å². The quantitative estimate of drug-likeness (QED) is 0.196. The van der Waals surface area contributed by atoms with Crippen molar-refractivity contribution in [2.75, 3.05) is 0 Å². The minimum atomic E-state index is -3.69. The van der Waals surface area contributed by atoms with Gasteiger partial charge in [-0.3, -0.25) is 0 Å². The van der Waals surface area contributed by atoms with Crippen molar-refractivity contribution in [3.63, 3.8) is 0 Å². The predicted molar refractivity (Wildman–Crippen MR) is 130 cm³/mol. The number of rotatable bonds is 9. The second-order valence-electron chi connectivity index (χ2n) is 8.85. The Labute approximate surface area is 215 Å². The van der Waals surface area contributed by atoms with Crippen LogP contribution in [0, 0.1) is 29.1 Å². The first-order valence-corrected chi connectivity index (χ1v) is 12.0. The van der Waals surface area contributed by atoms with Gasteiger partial charge in [0.1, 0.15) is 11.6 Å². The Balaban J connectivity index is 1.45. The normalized spacial score (nSPS) is 11.6. The molecule has 0 atom stereocenters. The Morgan fingerprint density at radius 2 is 1.32 bits per heavy atom. The molecular formula is C30H23F7O. The second kappa shape index (κ2) is 11.3. The third kappa shape index (κ3) is 6.01. The summed E-state index contributed by atoms with van der Waals surface area (Å²) in [5.74, 6) is -5.98. The van der Waals surface area contributed by atoms with Crippen molar-refractivity contribution < 1.29 is 35.5 Å². The van der Waals surface area contributed by atoms with E-state index >= 15 is 0 Å². The standard InChI is InChI=1S/C30H23F7O/c1-2-3-18-4-11-22(12-5-18)30(36,37)38-23-13-8-19(26(32)17-23)6-7-20-9-14-24(29(35)28(20)34)21-10-15-25(31)27(33)16-21/h4-5,8-17H,2-3,6-7H2,1H3. The van der Waals surface area contributed by atoms with E-state index < -0.39 is 35.2 Å². The van der Waals surface area contributed by atoms with Crippen LogP contribution in [0.2, 0.25) is 0 Å². The molecule has 4 rings (SSSR count). The Morgan fingerprint density at radius 1 is 0.632 bits per heavy atom. The highest BCUT2D eigenvalue weighted by Crippen LogP contribution is 2.33. The molecule has 0 aromatic heterocycles. The van der Waals surface area contributed by atoms with Gasteiger partial charge in [-0.2, -0.15) is 8.78 Å². The van der Waals surface area contributed by atoms with Crippen LogP contribution in [0.25, 0.3) is 11.1 Å². The molecule has 0 aliphatic rings. The lowest BCUT2D eigenvalue weighted by Gasteiger charge is -2.19. The van der Waals surface area contributed by atoms with E-state index in [1.165, 1.54) is 36.4 Å². The smallest absolute Gasteiger partial charge is 0.426 e. The van der Waals surface area contributed by atoms with Crippen LogP contribution in [0.15, 0.2) is 72.8 Å². The summed E-state index contributed by atoms with van der Waals surface area (Å²) in [6, 6.07) is 14.2. The van der Waals surface area contributed by atoms with Crippen molar-refractivity contribution in [2.24, 2.45) is 0 Å². The molecule has 0 amide bonds. The Kier molecular flexibility index (Phi) is 8.09. The van der Waals surface area contributed by atoms with Gasteiger partial charge in [-0.05, 0) is 71.8 Å². The summed E-state index contributed by atoms with van der Waals surface area (Å²) >= 11 is 0. The van der Waals surface area contributed by atoms with Crippen molar-refractivity contribution in [2.45, 2.75) is 38.7 Å². The molecule has 0 radical (unpaired) electrons. The number of alkyl halides is 2. The third-order valence-electron chi connectivity index (χ3n) is 6.16. The molecule has 198 valence electrons. The molecule has 8 heteroatoms. The number of halogens is 7. The van der Waals surface area contributed by atoms with E-state index in [1.807, 2.05) is 6.92 Å². The van der Waals surface area contributed by atoms with Crippen LogP contribution in [0.4, 0.5) is 30.7 Å². The van der Waals surface area contributed by atoms with E-state index in [4.69, 9.17) is 4.74 Å². The molecule has 1 nitrogen and oxygen atoms in total. The molecular weight excluding hydrogens is 509 g/mol. The maximum atomic E-state index is 14.7. The summed E-state index contributed by atoms with van der Waals surface area (Å²) in [7, 11) is 0. The first-order valence-electron chi connectivity index (χ1n) is 12.0. The molecule has 0 unspecified atom stereocenters. The number of ether oxygens (including phenoxy) is 1. The maximum Gasteiger partial charge on any atom is 0.426 e. The molecule has 0 aliphatic carbocycles. The van der Waals surface area contributed by atoms with Crippen molar-refractivity contribution in [3.05, 3.63) is 124 Å². The van der Waals surface area contributed by atoms with Crippen LogP contribution >= 0.6 is 0 Å². The largest absolute Gasteiger partial charge is 0.429 e. The summed E-state index contributed by atoms with van der Waals surface area (Å²) < 4.78 is 105. The van der Waals surface area contributed by atoms with Crippen LogP contribution in [-0.4, -0.2) is 0 Å². The van der Waals surface area contributed by atoms with Crippen molar-refractivity contribution in [3.8, 4) is 16.9 Å². The van der Waals surface area contributed by atoms with Gasteiger partial charge in [-0.1, -0.05) is 49.7 Å². The molecule has 4 aromatic rings. The molecule has 0 N–H and O–H groups in total. The lowest BCUT2D eigenvalue weighted by atomic mass is 9.98. The van der Waals surface area contributed by atoms with Gasteiger partial charge in [-0.25, -0.2) is 22.0 Å². The molecule has 0 saturated heterocycles. The SMILES string of the molecule is CCCc1ccc(C(F)(F)Oc2ccc(CCc3ccc(-c4ccc(F)c(F)c4)c(F)c3F)c(F)c2)cc1. The van der Waals surface area contributed by atoms with Crippen molar-refractivity contribution in [1.29, 1.82) is 0 Å². The topological polar surface area (TPSA) is 9.23 Å². The van der Waals surface area contributed by atoms with Gasteiger partial charge < -0.3 is 4.74 Å². The zero-order valence-electron chi connectivity index (χ0n) is 20.3. The zero-order chi connectivity index (χ0) is 27.4. The van der Waals surface area contributed by atoms with Crippen LogP contribution in [0.1, 0.15) is 35.6 Å². The Morgan fingerprint density at radius 3 is 1.97 bits per heavy atom. The second-order valence-corrected chi connectivity index (χ2v) is 8.85. The van der Waals surface area contributed by atoms with Crippen LogP contribution in [-0.2, 0) is 25.4 Å². The molecule has 0 spiro atoms. The first kappa shape index (κ1) is 27.2. The summed E-state index contributed by atoms with van der Waals surface area (Å²) in [4.78, 5) is 0. The molecule has 4 aromatic carbocycles. The van der Waals surface area contributed by atoms with E-state index in [0.29, 0.717) is 0 Å². The fraction of sp³-hybridized carbons (Fsp3) is 0.200. The van der Waals surface area contributed by atoms with E-state index in [-0.39, 0.29) is 46.4 Å². The lowest BCUT2D eigenvalue weighted by molar-refractivity contribution is -0.185. The number of aryl methyl sites for hydroxylation is 3. The monoisotopic (exact) mass is 532 g/mol. The van der Waals surface area contributed by atoms with E-state index in [9.17, 15) is 30.7 Å². The zero-order valence-corrected chi connectivity index (χ0v) is 20.3. The average Bonchev–Trinajstić information content (AvgIpc) is 2.88. The number of benzene rings is 4. The number of hydrogen-bond acceptors (Lipinski definition) is 1. The molecule has 0 fully saturated rings. The fourth-order valence-electron chi connectivity index (χ4n) is 4.09. The molecule has 0 bridgehead atoms. The predicted octanol–water partition coefficient (Wildman–Crippen LogP) is 8.92. The van der Waals surface area contributed by atoms with Crippen LogP contribution in [0.5, 0.6) is 5.75 Å². The number of hydrogen-bond donors (Lipinski definition) is 0. The summed E-state index contributed by atoms with van der Waals surface area (Å²) in [5.41, 5.74) is 0.283. The van der Waals surface area contributed by atoms with E-state index in [1.54, 1.807) is 12.1 Å². The van der Waals surface area contributed by atoms with Gasteiger partial charge in [-0.15, -0.1) is 0 Å². The summed E-state index contributed by atoms with van der Waals surface area (Å²) in [6.45, 7) is 1.98. The molecule has 38 heavy (non-hydrogen) atoms. The van der Waals surface area contributed by atoms with Gasteiger partial charge in [0.2, 0.25) is 0 Å². The highest BCUT2D eigenvalue weighted by atomic mass is 19.3. The summed E-state index contributed by atoms with van der Waals surface area (Å²) in [6.07, 6.45) is -2.20. The highest BCUT2D eigenvalue weighted by molar-refractivity contribution is 5.65. The highest BCUT2D eigenvalue weighted by Gasteiger charge is 2.34. The molecule has 0 aliphatic heterocycles. The third-order valence-corrected chi connectivity index (χ3v) is 6.16.